The van der Waals surface area contributed by atoms with Gasteiger partial charge in [0.25, 0.3) is 0 Å². The fourth-order valence-corrected chi connectivity index (χ4v) is 2.55. The van der Waals surface area contributed by atoms with Gasteiger partial charge in [0.05, 0.1) is 17.4 Å². The summed E-state index contributed by atoms with van der Waals surface area (Å²) in [4.78, 5) is 40.3. The normalized spacial score (nSPS) is 17.2. The van der Waals surface area contributed by atoms with Crippen LogP contribution in [0.4, 0.5) is 10.6 Å². The Morgan fingerprint density at radius 1 is 1.38 bits per heavy atom. The largest absolute Gasteiger partial charge is 0.481 e. The molecule has 1 aliphatic heterocycles. The van der Waals surface area contributed by atoms with Crippen LogP contribution in [-0.4, -0.2) is 52.5 Å². The summed E-state index contributed by atoms with van der Waals surface area (Å²) in [6.45, 7) is 0.899. The van der Waals surface area contributed by atoms with Gasteiger partial charge in [-0.05, 0) is 25.0 Å². The van der Waals surface area contributed by atoms with Crippen LogP contribution in [0.15, 0.2) is 18.3 Å². The van der Waals surface area contributed by atoms with E-state index in [-0.39, 0.29) is 30.8 Å². The number of carboxylic acid groups (broad SMARTS) is 1. The number of hydrogen-bond acceptors (Lipinski definition) is 4. The summed E-state index contributed by atoms with van der Waals surface area (Å²) in [5, 5.41) is 14.3. The Kier molecular flexibility index (Phi) is 6.36. The minimum atomic E-state index is -0.971. The number of nitrogens with zero attached hydrogens (tertiary/aromatic N) is 2. The lowest BCUT2D eigenvalue weighted by molar-refractivity contribution is -0.136. The number of urea groups is 1. The summed E-state index contributed by atoms with van der Waals surface area (Å²) < 4.78 is 0. The fourth-order valence-electron chi connectivity index (χ4n) is 2.44. The molecule has 2 rings (SSSR count). The minimum Gasteiger partial charge on any atom is -0.481 e. The SMILES string of the molecule is O=C(O)CCNC(=O)N1CCCC(C(=O)Nc2ccc(Cl)cn2)C1. The molecule has 1 saturated heterocycles. The molecule has 3 N–H and O–H groups in total. The Labute approximate surface area is 144 Å². The number of aromatic nitrogens is 1. The summed E-state index contributed by atoms with van der Waals surface area (Å²) in [7, 11) is 0. The van der Waals surface area contributed by atoms with E-state index < -0.39 is 5.97 Å². The molecule has 1 aromatic heterocycles. The van der Waals surface area contributed by atoms with E-state index in [2.05, 4.69) is 15.6 Å². The van der Waals surface area contributed by atoms with Crippen molar-refractivity contribution in [3.05, 3.63) is 23.4 Å². The maximum atomic E-state index is 12.3. The molecular formula is C15H19ClN4O4. The molecule has 0 aromatic carbocycles. The lowest BCUT2D eigenvalue weighted by Crippen LogP contribution is -2.48. The van der Waals surface area contributed by atoms with Gasteiger partial charge < -0.3 is 20.6 Å². The zero-order valence-electron chi connectivity index (χ0n) is 13.0. The molecule has 1 unspecified atom stereocenters. The Morgan fingerprint density at radius 2 is 2.17 bits per heavy atom. The summed E-state index contributed by atoms with van der Waals surface area (Å²) in [5.41, 5.74) is 0. The van der Waals surface area contributed by atoms with Gasteiger partial charge in [0.2, 0.25) is 5.91 Å². The van der Waals surface area contributed by atoms with E-state index in [4.69, 9.17) is 16.7 Å². The van der Waals surface area contributed by atoms with Crippen molar-refractivity contribution in [2.24, 2.45) is 5.92 Å². The number of carbonyl (C=O) groups is 3. The second-order valence-corrected chi connectivity index (χ2v) is 5.95. The Balaban J connectivity index is 1.85. The molecule has 1 aromatic rings. The molecule has 1 fully saturated rings. The Morgan fingerprint density at radius 3 is 2.83 bits per heavy atom. The molecule has 9 heteroatoms. The molecule has 1 aliphatic rings. The third-order valence-corrected chi connectivity index (χ3v) is 3.90. The van der Waals surface area contributed by atoms with E-state index in [1.54, 1.807) is 12.1 Å². The number of amides is 3. The molecule has 2 heterocycles. The molecule has 24 heavy (non-hydrogen) atoms. The lowest BCUT2D eigenvalue weighted by atomic mass is 9.97. The van der Waals surface area contributed by atoms with Crippen molar-refractivity contribution in [3.8, 4) is 0 Å². The van der Waals surface area contributed by atoms with Crippen LogP contribution >= 0.6 is 11.6 Å². The lowest BCUT2D eigenvalue weighted by Gasteiger charge is -2.32. The number of rotatable bonds is 5. The van der Waals surface area contributed by atoms with Gasteiger partial charge in [-0.25, -0.2) is 9.78 Å². The number of anilines is 1. The summed E-state index contributed by atoms with van der Waals surface area (Å²) in [5.74, 6) is -1.09. The van der Waals surface area contributed by atoms with E-state index in [0.717, 1.165) is 0 Å². The molecule has 0 bridgehead atoms. The van der Waals surface area contributed by atoms with E-state index in [0.29, 0.717) is 36.8 Å². The van der Waals surface area contributed by atoms with Crippen molar-refractivity contribution in [3.63, 3.8) is 0 Å². The van der Waals surface area contributed by atoms with Gasteiger partial charge >= 0.3 is 12.0 Å². The van der Waals surface area contributed by atoms with Crippen molar-refractivity contribution >= 4 is 35.3 Å². The number of piperidine rings is 1. The summed E-state index contributed by atoms with van der Waals surface area (Å²) >= 11 is 5.75. The Hall–Kier alpha value is -2.35. The van der Waals surface area contributed by atoms with Crippen molar-refractivity contribution in [1.29, 1.82) is 0 Å². The number of aliphatic carboxylic acids is 1. The Bertz CT molecular complexity index is 608. The zero-order chi connectivity index (χ0) is 17.5. The van der Waals surface area contributed by atoms with Crippen LogP contribution < -0.4 is 10.6 Å². The van der Waals surface area contributed by atoms with Gasteiger partial charge in [-0.2, -0.15) is 0 Å². The first-order valence-corrected chi connectivity index (χ1v) is 8.00. The first-order chi connectivity index (χ1) is 11.5. The molecule has 0 spiro atoms. The second kappa shape index (κ2) is 8.49. The average molecular weight is 355 g/mol. The van der Waals surface area contributed by atoms with Gasteiger partial charge in [0, 0.05) is 25.8 Å². The first kappa shape index (κ1) is 18.0. The van der Waals surface area contributed by atoms with Crippen molar-refractivity contribution in [2.45, 2.75) is 19.3 Å². The van der Waals surface area contributed by atoms with Crippen LogP contribution in [0.25, 0.3) is 0 Å². The minimum absolute atomic E-state index is 0.0657. The number of halogens is 1. The van der Waals surface area contributed by atoms with Crippen LogP contribution in [0.3, 0.4) is 0 Å². The van der Waals surface area contributed by atoms with Crippen LogP contribution in [0, 0.1) is 5.92 Å². The molecule has 0 saturated carbocycles. The number of likely N-dealkylation sites (tertiary alicyclic amines) is 1. The van der Waals surface area contributed by atoms with Crippen LogP contribution in [0.2, 0.25) is 5.02 Å². The second-order valence-electron chi connectivity index (χ2n) is 5.51. The first-order valence-electron chi connectivity index (χ1n) is 7.62. The number of carbonyl (C=O) groups excluding carboxylic acids is 2. The molecular weight excluding hydrogens is 336 g/mol. The number of carboxylic acids is 1. The quantitative estimate of drug-likeness (QED) is 0.743. The van der Waals surface area contributed by atoms with Gasteiger partial charge in [0.15, 0.2) is 0 Å². The van der Waals surface area contributed by atoms with E-state index in [9.17, 15) is 14.4 Å². The fraction of sp³-hybridized carbons (Fsp3) is 0.467. The van der Waals surface area contributed by atoms with Gasteiger partial charge in [-0.1, -0.05) is 11.6 Å². The molecule has 0 radical (unpaired) electrons. The van der Waals surface area contributed by atoms with Crippen molar-refractivity contribution in [2.75, 3.05) is 25.0 Å². The highest BCUT2D eigenvalue weighted by molar-refractivity contribution is 6.30. The van der Waals surface area contributed by atoms with E-state index in [1.807, 2.05) is 0 Å². The zero-order valence-corrected chi connectivity index (χ0v) is 13.8. The molecule has 3 amide bonds. The van der Waals surface area contributed by atoms with Gasteiger partial charge in [-0.15, -0.1) is 0 Å². The molecule has 8 nitrogen and oxygen atoms in total. The van der Waals surface area contributed by atoms with Crippen molar-refractivity contribution in [1.82, 2.24) is 15.2 Å². The highest BCUT2D eigenvalue weighted by Gasteiger charge is 2.28. The highest BCUT2D eigenvalue weighted by Crippen LogP contribution is 2.19. The molecule has 0 aliphatic carbocycles. The van der Waals surface area contributed by atoms with Crippen LogP contribution in [-0.2, 0) is 9.59 Å². The van der Waals surface area contributed by atoms with E-state index >= 15 is 0 Å². The number of pyridine rings is 1. The summed E-state index contributed by atoms with van der Waals surface area (Å²) in [6.07, 6.45) is 2.70. The maximum absolute atomic E-state index is 12.3. The highest BCUT2D eigenvalue weighted by atomic mass is 35.5. The predicted molar refractivity (Wildman–Crippen MR) is 87.8 cm³/mol. The molecule has 1 atom stereocenters. The summed E-state index contributed by atoms with van der Waals surface area (Å²) in [6, 6.07) is 2.89. The van der Waals surface area contributed by atoms with Gasteiger partial charge in [-0.3, -0.25) is 9.59 Å². The number of nitrogens with one attached hydrogen (secondary N) is 2. The number of hydrogen-bond donors (Lipinski definition) is 3. The standard InChI is InChI=1S/C15H19ClN4O4/c16-11-3-4-12(18-8-11)19-14(23)10-2-1-7-20(9-10)15(24)17-6-5-13(21)22/h3-4,8,10H,1-2,5-7,9H2,(H,17,24)(H,21,22)(H,18,19,23). The maximum Gasteiger partial charge on any atom is 0.317 e. The molecule has 130 valence electrons. The third kappa shape index (κ3) is 5.38. The third-order valence-electron chi connectivity index (χ3n) is 3.67. The average Bonchev–Trinajstić information content (AvgIpc) is 2.56. The van der Waals surface area contributed by atoms with E-state index in [1.165, 1.54) is 11.1 Å². The monoisotopic (exact) mass is 354 g/mol. The predicted octanol–water partition coefficient (Wildman–Crippen LogP) is 1.57. The topological polar surface area (TPSA) is 112 Å². The van der Waals surface area contributed by atoms with Crippen molar-refractivity contribution < 1.29 is 19.5 Å². The van der Waals surface area contributed by atoms with Crippen LogP contribution in [0.1, 0.15) is 19.3 Å². The van der Waals surface area contributed by atoms with Crippen LogP contribution in [0.5, 0.6) is 0 Å². The van der Waals surface area contributed by atoms with Gasteiger partial charge in [0.1, 0.15) is 5.82 Å². The smallest absolute Gasteiger partial charge is 0.317 e.